The fourth-order valence-corrected chi connectivity index (χ4v) is 6.52. The minimum absolute atomic E-state index is 0.0453. The number of nitrogens with one attached hydrogen (secondary N) is 1. The molecule has 1 N–H and O–H groups in total. The first kappa shape index (κ1) is 26.2. The minimum Gasteiger partial charge on any atom is -0.351 e. The number of carbonyl (C=O) groups is 2. The van der Waals surface area contributed by atoms with Gasteiger partial charge in [-0.05, 0) is 73.3 Å². The van der Waals surface area contributed by atoms with Crippen LogP contribution in [0.15, 0.2) is 42.7 Å². The minimum atomic E-state index is -1.22. The van der Waals surface area contributed by atoms with Crippen molar-refractivity contribution in [2.24, 2.45) is 0 Å². The van der Waals surface area contributed by atoms with Gasteiger partial charge in [-0.1, -0.05) is 52.2 Å². The summed E-state index contributed by atoms with van der Waals surface area (Å²) >= 11 is 0. The summed E-state index contributed by atoms with van der Waals surface area (Å²) in [4.78, 5) is 36.7. The van der Waals surface area contributed by atoms with E-state index in [0.29, 0.717) is 31.5 Å². The van der Waals surface area contributed by atoms with E-state index in [2.05, 4.69) is 49.4 Å². The van der Waals surface area contributed by atoms with Crippen molar-refractivity contribution in [1.29, 1.82) is 5.26 Å². The van der Waals surface area contributed by atoms with Crippen LogP contribution in [0.1, 0.15) is 88.8 Å². The van der Waals surface area contributed by atoms with E-state index in [1.165, 1.54) is 6.42 Å². The maximum atomic E-state index is 14.5. The lowest BCUT2D eigenvalue weighted by Gasteiger charge is -2.43. The molecule has 7 heteroatoms. The molecule has 2 amide bonds. The van der Waals surface area contributed by atoms with Crippen LogP contribution in [0.3, 0.4) is 0 Å². The van der Waals surface area contributed by atoms with E-state index in [1.807, 2.05) is 18.2 Å². The monoisotopic (exact) mass is 513 g/mol. The molecule has 2 fully saturated rings. The van der Waals surface area contributed by atoms with Crippen molar-refractivity contribution in [3.63, 3.8) is 0 Å². The van der Waals surface area contributed by atoms with E-state index in [9.17, 15) is 14.9 Å². The molecule has 2 atom stereocenters. The summed E-state index contributed by atoms with van der Waals surface area (Å²) < 4.78 is 0. The first-order valence-electron chi connectivity index (χ1n) is 14.1. The molecule has 38 heavy (non-hydrogen) atoms. The molecule has 1 aliphatic heterocycles. The Labute approximate surface area is 226 Å². The van der Waals surface area contributed by atoms with Gasteiger partial charge >= 0.3 is 0 Å². The Balaban J connectivity index is 1.65. The third kappa shape index (κ3) is 4.66. The van der Waals surface area contributed by atoms with Crippen LogP contribution in [0.5, 0.6) is 0 Å². The van der Waals surface area contributed by atoms with Crippen molar-refractivity contribution in [2.45, 2.75) is 102 Å². The molecule has 7 nitrogen and oxygen atoms in total. The Morgan fingerprint density at radius 3 is 2.50 bits per heavy atom. The van der Waals surface area contributed by atoms with E-state index < -0.39 is 11.6 Å². The lowest BCUT2D eigenvalue weighted by Crippen LogP contribution is -2.62. The number of aromatic nitrogens is 1. The fourth-order valence-electron chi connectivity index (χ4n) is 6.52. The maximum Gasteiger partial charge on any atom is 0.251 e. The van der Waals surface area contributed by atoms with Crippen molar-refractivity contribution >= 4 is 17.5 Å². The van der Waals surface area contributed by atoms with Crippen LogP contribution in [0.4, 0.5) is 5.69 Å². The number of hydrogen-bond acceptors (Lipinski definition) is 5. The van der Waals surface area contributed by atoms with Gasteiger partial charge < -0.3 is 5.32 Å². The van der Waals surface area contributed by atoms with E-state index in [4.69, 9.17) is 0 Å². The molecule has 1 saturated heterocycles. The smallest absolute Gasteiger partial charge is 0.251 e. The second kappa shape index (κ2) is 10.4. The van der Waals surface area contributed by atoms with Gasteiger partial charge in [-0.25, -0.2) is 0 Å². The van der Waals surface area contributed by atoms with Gasteiger partial charge in [0.2, 0.25) is 0 Å². The van der Waals surface area contributed by atoms with E-state index in [-0.39, 0.29) is 23.3 Å². The van der Waals surface area contributed by atoms with Gasteiger partial charge in [0, 0.05) is 36.2 Å². The molecule has 0 spiro atoms. The van der Waals surface area contributed by atoms with Crippen LogP contribution in [0.2, 0.25) is 0 Å². The number of carbonyl (C=O) groups excluding carboxylic acids is 2. The SMILES string of the molecule is CC(C)(C)c1ccc(N(C(=O)[C@H]2CCCN2C#N)C2(C(=O)NC3CCCCC3)CCc3ccncc32)cc1. The quantitative estimate of drug-likeness (QED) is 0.572. The van der Waals surface area contributed by atoms with Crippen LogP contribution in [-0.2, 0) is 27.0 Å². The van der Waals surface area contributed by atoms with Crippen LogP contribution in [-0.4, -0.2) is 40.3 Å². The second-order valence-electron chi connectivity index (χ2n) is 12.1. The van der Waals surface area contributed by atoms with Crippen molar-refractivity contribution in [3.05, 3.63) is 59.4 Å². The number of nitrogens with zero attached hydrogens (tertiary/aromatic N) is 4. The molecular weight excluding hydrogens is 474 g/mol. The van der Waals surface area contributed by atoms with Gasteiger partial charge in [0.25, 0.3) is 11.8 Å². The molecule has 3 aliphatic rings. The molecule has 5 rings (SSSR count). The number of likely N-dealkylation sites (tertiary alicyclic amines) is 1. The largest absolute Gasteiger partial charge is 0.351 e. The summed E-state index contributed by atoms with van der Waals surface area (Å²) in [6.07, 6.45) is 13.6. The lowest BCUT2D eigenvalue weighted by molar-refractivity contribution is -0.133. The number of anilines is 1. The number of hydrogen-bond donors (Lipinski definition) is 1. The Bertz CT molecular complexity index is 1220. The average Bonchev–Trinajstić information content (AvgIpc) is 3.55. The van der Waals surface area contributed by atoms with Crippen molar-refractivity contribution in [2.75, 3.05) is 11.4 Å². The molecule has 2 heterocycles. The zero-order valence-electron chi connectivity index (χ0n) is 22.9. The first-order chi connectivity index (χ1) is 18.3. The molecule has 0 bridgehead atoms. The normalized spacial score (nSPS) is 23.5. The van der Waals surface area contributed by atoms with Crippen LogP contribution < -0.4 is 10.2 Å². The topological polar surface area (TPSA) is 89.3 Å². The molecule has 0 radical (unpaired) electrons. The number of fused-ring (bicyclic) bond motifs is 1. The average molecular weight is 514 g/mol. The van der Waals surface area contributed by atoms with Gasteiger partial charge in [0.15, 0.2) is 11.7 Å². The zero-order chi connectivity index (χ0) is 26.9. The van der Waals surface area contributed by atoms with Gasteiger partial charge in [-0.2, -0.15) is 5.26 Å². The van der Waals surface area contributed by atoms with Gasteiger partial charge in [-0.3, -0.25) is 24.4 Å². The summed E-state index contributed by atoms with van der Waals surface area (Å²) in [5.74, 6) is -0.325. The van der Waals surface area contributed by atoms with Crippen LogP contribution in [0.25, 0.3) is 0 Å². The molecule has 2 aliphatic carbocycles. The van der Waals surface area contributed by atoms with E-state index in [1.54, 1.807) is 22.2 Å². The molecule has 2 aromatic rings. The van der Waals surface area contributed by atoms with E-state index >= 15 is 0 Å². The van der Waals surface area contributed by atoms with Gasteiger partial charge in [0.1, 0.15) is 6.04 Å². The number of nitriles is 1. The van der Waals surface area contributed by atoms with Gasteiger partial charge in [-0.15, -0.1) is 0 Å². The number of amides is 2. The van der Waals surface area contributed by atoms with Gasteiger partial charge in [0.05, 0.1) is 0 Å². The number of aryl methyl sites for hydroxylation is 1. The third-order valence-corrected chi connectivity index (χ3v) is 8.69. The first-order valence-corrected chi connectivity index (χ1v) is 14.1. The Morgan fingerprint density at radius 2 is 1.82 bits per heavy atom. The summed E-state index contributed by atoms with van der Waals surface area (Å²) in [6, 6.07) is 9.53. The highest BCUT2D eigenvalue weighted by molar-refractivity contribution is 6.07. The predicted molar refractivity (Wildman–Crippen MR) is 147 cm³/mol. The van der Waals surface area contributed by atoms with Crippen molar-refractivity contribution < 1.29 is 9.59 Å². The number of rotatable bonds is 5. The highest BCUT2D eigenvalue weighted by atomic mass is 16.2. The lowest BCUT2D eigenvalue weighted by atomic mass is 9.85. The Kier molecular flexibility index (Phi) is 7.17. The molecule has 1 unspecified atom stereocenters. The van der Waals surface area contributed by atoms with Crippen LogP contribution >= 0.6 is 0 Å². The zero-order valence-corrected chi connectivity index (χ0v) is 22.9. The molecular formula is C31H39N5O2. The highest BCUT2D eigenvalue weighted by Gasteiger charge is 2.55. The number of benzene rings is 1. The number of pyridine rings is 1. The predicted octanol–water partition coefficient (Wildman–Crippen LogP) is 4.95. The third-order valence-electron chi connectivity index (χ3n) is 8.69. The summed E-state index contributed by atoms with van der Waals surface area (Å²) in [6.45, 7) is 7.04. The Hall–Kier alpha value is -3.40. The summed E-state index contributed by atoms with van der Waals surface area (Å²) in [5, 5.41) is 13.2. The van der Waals surface area contributed by atoms with Crippen molar-refractivity contribution in [3.8, 4) is 6.19 Å². The summed E-state index contributed by atoms with van der Waals surface area (Å²) in [5.41, 5.74) is 2.42. The Morgan fingerprint density at radius 1 is 1.08 bits per heavy atom. The fraction of sp³-hybridized carbons (Fsp3) is 0.548. The van der Waals surface area contributed by atoms with E-state index in [0.717, 1.165) is 48.8 Å². The van der Waals surface area contributed by atoms with Crippen LogP contribution in [0, 0.1) is 11.5 Å². The standard InChI is InChI=1S/C31H39N5O2/c1-30(2,3)23-11-13-25(14-12-23)36(28(37)27-10-7-19-35(27)21-32)31(17-15-22-16-18-33-20-26(22)31)29(38)34-24-8-5-4-6-9-24/h11-14,16,18,20,24,27H,4-10,15,17,19H2,1-3H3,(H,34,38)/t27-,31?/m1/s1. The summed E-state index contributed by atoms with van der Waals surface area (Å²) in [7, 11) is 0. The molecule has 1 aromatic carbocycles. The maximum absolute atomic E-state index is 14.5. The molecule has 1 aromatic heterocycles. The van der Waals surface area contributed by atoms with Crippen molar-refractivity contribution in [1.82, 2.24) is 15.2 Å². The molecule has 1 saturated carbocycles. The highest BCUT2D eigenvalue weighted by Crippen LogP contribution is 2.45. The molecule has 200 valence electrons. The second-order valence-corrected chi connectivity index (χ2v) is 12.1.